The van der Waals surface area contributed by atoms with Crippen molar-refractivity contribution in [2.24, 2.45) is 0 Å². The van der Waals surface area contributed by atoms with Crippen molar-refractivity contribution in [1.82, 2.24) is 9.55 Å². The fourth-order valence-corrected chi connectivity index (χ4v) is 8.73. The van der Waals surface area contributed by atoms with Crippen LogP contribution in [0.1, 0.15) is 0 Å². The Morgan fingerprint density at radius 1 is 0.281 bits per heavy atom. The van der Waals surface area contributed by atoms with Gasteiger partial charge in [0.05, 0.1) is 11.0 Å². The SMILES string of the molecule is c1ccc(-c2cncc(-c3ccc(-n4c5ccc(-c6cccc7ccccc67)cc5c5cc(-c6cccc7c(-c8ccccc8)cccc67)ccc54)cc3)c2)cc1. The molecule has 0 aliphatic rings. The Hall–Kier alpha value is -7.55. The van der Waals surface area contributed by atoms with E-state index in [1.807, 2.05) is 18.5 Å². The maximum absolute atomic E-state index is 4.61. The highest BCUT2D eigenvalue weighted by Crippen LogP contribution is 2.41. The van der Waals surface area contributed by atoms with Crippen molar-refractivity contribution < 1.29 is 0 Å². The van der Waals surface area contributed by atoms with Gasteiger partial charge in [0.15, 0.2) is 0 Å². The third-order valence-corrected chi connectivity index (χ3v) is 11.5. The highest BCUT2D eigenvalue weighted by atomic mass is 15.0. The van der Waals surface area contributed by atoms with E-state index < -0.39 is 0 Å². The maximum atomic E-state index is 4.61. The van der Waals surface area contributed by atoms with Crippen LogP contribution in [0.5, 0.6) is 0 Å². The zero-order valence-corrected chi connectivity index (χ0v) is 31.2. The van der Waals surface area contributed by atoms with Gasteiger partial charge in [-0.15, -0.1) is 0 Å². The standard InChI is InChI=1S/C55H36N2/c1-3-12-37(13-4-1)43-32-44(36-56-35-43)38-24-28-45(29-25-38)57-54-30-26-41(48-19-9-17-40-16-7-8-18-46(40)48)33-52(54)53-34-42(27-31-55(53)57)49-21-11-22-50-47(20-10-23-51(49)50)39-14-5-2-6-15-39/h1-36H. The molecular weight excluding hydrogens is 689 g/mol. The summed E-state index contributed by atoms with van der Waals surface area (Å²) in [5, 5.41) is 7.47. The van der Waals surface area contributed by atoms with E-state index >= 15 is 0 Å². The second kappa shape index (κ2) is 13.6. The topological polar surface area (TPSA) is 17.8 Å². The van der Waals surface area contributed by atoms with Crippen molar-refractivity contribution in [3.8, 4) is 61.3 Å². The van der Waals surface area contributed by atoms with Crippen LogP contribution in [0.2, 0.25) is 0 Å². The highest BCUT2D eigenvalue weighted by Gasteiger charge is 2.17. The lowest BCUT2D eigenvalue weighted by molar-refractivity contribution is 1.18. The monoisotopic (exact) mass is 724 g/mol. The van der Waals surface area contributed by atoms with Gasteiger partial charge in [-0.25, -0.2) is 0 Å². The first-order chi connectivity index (χ1) is 28.3. The fraction of sp³-hybridized carbons (Fsp3) is 0. The van der Waals surface area contributed by atoms with Gasteiger partial charge in [0.25, 0.3) is 0 Å². The van der Waals surface area contributed by atoms with Crippen molar-refractivity contribution >= 4 is 43.4 Å². The maximum Gasteiger partial charge on any atom is 0.0541 e. The van der Waals surface area contributed by atoms with Crippen LogP contribution in [-0.4, -0.2) is 9.55 Å². The first-order valence-corrected chi connectivity index (χ1v) is 19.5. The largest absolute Gasteiger partial charge is 0.309 e. The molecule has 2 aromatic heterocycles. The van der Waals surface area contributed by atoms with E-state index in [9.17, 15) is 0 Å². The highest BCUT2D eigenvalue weighted by molar-refractivity contribution is 6.13. The van der Waals surface area contributed by atoms with Crippen molar-refractivity contribution in [3.05, 3.63) is 219 Å². The molecule has 9 aromatic carbocycles. The molecule has 57 heavy (non-hydrogen) atoms. The van der Waals surface area contributed by atoms with Crippen molar-refractivity contribution in [1.29, 1.82) is 0 Å². The van der Waals surface area contributed by atoms with E-state index in [0.717, 1.165) is 27.9 Å². The normalized spacial score (nSPS) is 11.5. The summed E-state index contributed by atoms with van der Waals surface area (Å²) in [5.74, 6) is 0. The Morgan fingerprint density at radius 3 is 1.37 bits per heavy atom. The van der Waals surface area contributed by atoms with Crippen LogP contribution in [0.3, 0.4) is 0 Å². The summed E-state index contributed by atoms with van der Waals surface area (Å²) in [4.78, 5) is 4.61. The molecule has 0 N–H and O–H groups in total. The molecule has 0 radical (unpaired) electrons. The molecule has 0 saturated carbocycles. The molecule has 0 aliphatic heterocycles. The Kier molecular flexibility index (Phi) is 7.86. The van der Waals surface area contributed by atoms with Gasteiger partial charge in [0.2, 0.25) is 0 Å². The van der Waals surface area contributed by atoms with Crippen molar-refractivity contribution in [3.63, 3.8) is 0 Å². The second-order valence-electron chi connectivity index (χ2n) is 14.8. The summed E-state index contributed by atoms with van der Waals surface area (Å²) in [6.07, 6.45) is 3.89. The molecule has 0 amide bonds. The summed E-state index contributed by atoms with van der Waals surface area (Å²) in [5.41, 5.74) is 15.3. The molecule has 11 aromatic rings. The lowest BCUT2D eigenvalue weighted by atomic mass is 9.92. The minimum Gasteiger partial charge on any atom is -0.309 e. The van der Waals surface area contributed by atoms with E-state index in [2.05, 4.69) is 210 Å². The average molecular weight is 725 g/mol. The predicted molar refractivity (Wildman–Crippen MR) is 241 cm³/mol. The number of aromatic nitrogens is 2. The third-order valence-electron chi connectivity index (χ3n) is 11.5. The molecule has 0 spiro atoms. The Morgan fingerprint density at radius 2 is 0.737 bits per heavy atom. The Balaban J connectivity index is 1.09. The molecule has 0 atom stereocenters. The second-order valence-corrected chi connectivity index (χ2v) is 14.8. The van der Waals surface area contributed by atoms with Gasteiger partial charge in [-0.3, -0.25) is 4.98 Å². The molecule has 2 heterocycles. The number of nitrogens with zero attached hydrogens (tertiary/aromatic N) is 2. The molecular formula is C55H36N2. The van der Waals surface area contributed by atoms with Crippen molar-refractivity contribution in [2.75, 3.05) is 0 Å². The average Bonchev–Trinajstić information content (AvgIpc) is 3.62. The van der Waals surface area contributed by atoms with E-state index in [1.165, 1.54) is 76.7 Å². The van der Waals surface area contributed by atoms with E-state index in [0.29, 0.717) is 0 Å². The number of rotatable bonds is 6. The minimum atomic E-state index is 1.10. The number of pyridine rings is 1. The number of hydrogen-bond acceptors (Lipinski definition) is 1. The molecule has 0 fully saturated rings. The minimum absolute atomic E-state index is 1.10. The zero-order chi connectivity index (χ0) is 37.7. The molecule has 0 bridgehead atoms. The first-order valence-electron chi connectivity index (χ1n) is 19.5. The number of fused-ring (bicyclic) bond motifs is 5. The number of hydrogen-bond donors (Lipinski definition) is 0. The molecule has 0 aliphatic carbocycles. The van der Waals surface area contributed by atoms with E-state index in [4.69, 9.17) is 0 Å². The molecule has 11 rings (SSSR count). The third kappa shape index (κ3) is 5.70. The van der Waals surface area contributed by atoms with Gasteiger partial charge in [0, 0.05) is 40.0 Å². The summed E-state index contributed by atoms with van der Waals surface area (Å²) in [6.45, 7) is 0. The van der Waals surface area contributed by atoms with Gasteiger partial charge < -0.3 is 4.57 Å². The summed E-state index contributed by atoms with van der Waals surface area (Å²) >= 11 is 0. The zero-order valence-electron chi connectivity index (χ0n) is 31.2. The lowest BCUT2D eigenvalue weighted by Gasteiger charge is -2.12. The van der Waals surface area contributed by atoms with Crippen LogP contribution < -0.4 is 0 Å². The van der Waals surface area contributed by atoms with E-state index in [1.54, 1.807) is 0 Å². The summed E-state index contributed by atoms with van der Waals surface area (Å²) in [7, 11) is 0. The molecule has 2 heteroatoms. The molecule has 0 saturated heterocycles. The Labute approximate surface area is 331 Å². The molecule has 266 valence electrons. The van der Waals surface area contributed by atoms with Gasteiger partial charge in [-0.05, 0) is 109 Å². The summed E-state index contributed by atoms with van der Waals surface area (Å²) < 4.78 is 2.42. The fourth-order valence-electron chi connectivity index (χ4n) is 8.73. The van der Waals surface area contributed by atoms with Crippen LogP contribution in [0.25, 0.3) is 105 Å². The van der Waals surface area contributed by atoms with E-state index in [-0.39, 0.29) is 0 Å². The van der Waals surface area contributed by atoms with Crippen LogP contribution in [0.4, 0.5) is 0 Å². The van der Waals surface area contributed by atoms with Gasteiger partial charge in [-0.1, -0.05) is 164 Å². The van der Waals surface area contributed by atoms with Crippen LogP contribution in [-0.2, 0) is 0 Å². The van der Waals surface area contributed by atoms with Gasteiger partial charge >= 0.3 is 0 Å². The first kappa shape index (κ1) is 32.8. The van der Waals surface area contributed by atoms with Crippen molar-refractivity contribution in [2.45, 2.75) is 0 Å². The van der Waals surface area contributed by atoms with Crippen LogP contribution in [0.15, 0.2) is 219 Å². The molecule has 0 unspecified atom stereocenters. The summed E-state index contributed by atoms with van der Waals surface area (Å²) in [6, 6.07) is 74.9. The Bertz CT molecular complexity index is 3260. The smallest absolute Gasteiger partial charge is 0.0541 e. The number of benzene rings is 9. The molecule has 2 nitrogen and oxygen atoms in total. The van der Waals surface area contributed by atoms with Crippen LogP contribution >= 0.6 is 0 Å². The van der Waals surface area contributed by atoms with Gasteiger partial charge in [0.1, 0.15) is 0 Å². The predicted octanol–water partition coefficient (Wildman–Crippen LogP) is 14.8. The quantitative estimate of drug-likeness (QED) is 0.167. The lowest BCUT2D eigenvalue weighted by Crippen LogP contribution is -1.94. The van der Waals surface area contributed by atoms with Crippen LogP contribution in [0, 0.1) is 0 Å². The van der Waals surface area contributed by atoms with Gasteiger partial charge in [-0.2, -0.15) is 0 Å².